The van der Waals surface area contributed by atoms with Gasteiger partial charge in [0.15, 0.2) is 0 Å². The molecule has 0 aromatic heterocycles. The Labute approximate surface area is 137 Å². The Bertz CT molecular complexity index is 681. The fourth-order valence-corrected chi connectivity index (χ4v) is 3.33. The van der Waals surface area contributed by atoms with Crippen molar-refractivity contribution in [2.45, 2.75) is 19.4 Å². The van der Waals surface area contributed by atoms with Crippen molar-refractivity contribution in [2.75, 3.05) is 32.8 Å². The molecule has 23 heavy (non-hydrogen) atoms. The lowest BCUT2D eigenvalue weighted by atomic mass is 9.94. The molecule has 1 aromatic rings. The molecule has 5 heteroatoms. The summed E-state index contributed by atoms with van der Waals surface area (Å²) in [5.74, 6) is 0. The van der Waals surface area contributed by atoms with Crippen LogP contribution in [0.3, 0.4) is 0 Å². The van der Waals surface area contributed by atoms with E-state index in [4.69, 9.17) is 20.7 Å². The van der Waals surface area contributed by atoms with Crippen molar-refractivity contribution >= 4 is 11.3 Å². The molecule has 0 aliphatic carbocycles. The Morgan fingerprint density at radius 2 is 2.22 bits per heavy atom. The van der Waals surface area contributed by atoms with Gasteiger partial charge in [0.05, 0.1) is 31.4 Å². The van der Waals surface area contributed by atoms with Gasteiger partial charge in [-0.25, -0.2) is 0 Å². The van der Waals surface area contributed by atoms with Crippen LogP contribution in [-0.4, -0.2) is 49.5 Å². The standard InChI is InChI=1S/C18H22N4O/c1-13-8-14(10-19)2-3-16(13)17(11-20)18-9-15(12-21-18)22-4-6-23-7-5-22/h2-3,8,11,15H,4-7,9,12,20H2,1H3. The van der Waals surface area contributed by atoms with Crippen LogP contribution in [0.1, 0.15) is 23.1 Å². The van der Waals surface area contributed by atoms with Crippen LogP contribution in [0.5, 0.6) is 0 Å². The lowest BCUT2D eigenvalue weighted by Crippen LogP contribution is -2.44. The zero-order valence-corrected chi connectivity index (χ0v) is 13.5. The fraction of sp³-hybridized carbons (Fsp3) is 0.444. The highest BCUT2D eigenvalue weighted by atomic mass is 16.5. The first-order valence-electron chi connectivity index (χ1n) is 8.01. The summed E-state index contributed by atoms with van der Waals surface area (Å²) in [6.07, 6.45) is 2.57. The van der Waals surface area contributed by atoms with Crippen LogP contribution in [-0.2, 0) is 4.74 Å². The SMILES string of the molecule is Cc1cc(C#N)ccc1C(=CN)C1=NCC(N2CCOCC2)C1. The first-order valence-corrected chi connectivity index (χ1v) is 8.01. The summed E-state index contributed by atoms with van der Waals surface area (Å²) < 4.78 is 5.42. The second-order valence-electron chi connectivity index (χ2n) is 6.02. The van der Waals surface area contributed by atoms with Gasteiger partial charge >= 0.3 is 0 Å². The van der Waals surface area contributed by atoms with Crippen LogP contribution in [0.15, 0.2) is 29.4 Å². The van der Waals surface area contributed by atoms with Crippen molar-refractivity contribution in [1.82, 2.24) is 4.90 Å². The van der Waals surface area contributed by atoms with E-state index >= 15 is 0 Å². The summed E-state index contributed by atoms with van der Waals surface area (Å²) in [6, 6.07) is 8.32. The first-order chi connectivity index (χ1) is 11.2. The summed E-state index contributed by atoms with van der Waals surface area (Å²) in [5, 5.41) is 9.01. The number of nitrogens with two attached hydrogens (primary N) is 1. The molecule has 2 N–H and O–H groups in total. The van der Waals surface area contributed by atoms with Crippen molar-refractivity contribution in [3.8, 4) is 6.07 Å². The number of rotatable bonds is 3. The Morgan fingerprint density at radius 1 is 1.43 bits per heavy atom. The lowest BCUT2D eigenvalue weighted by molar-refractivity contribution is 0.0213. The topological polar surface area (TPSA) is 74.6 Å². The van der Waals surface area contributed by atoms with Crippen LogP contribution in [0.2, 0.25) is 0 Å². The second kappa shape index (κ2) is 6.95. The number of ether oxygens (including phenoxy) is 1. The maximum Gasteiger partial charge on any atom is 0.0991 e. The Balaban J connectivity index is 1.76. The Hall–Kier alpha value is -2.16. The summed E-state index contributed by atoms with van der Waals surface area (Å²) in [4.78, 5) is 7.20. The van der Waals surface area contributed by atoms with Gasteiger partial charge in [-0.05, 0) is 30.2 Å². The summed E-state index contributed by atoms with van der Waals surface area (Å²) in [6.45, 7) is 6.40. The molecular formula is C18H22N4O. The molecule has 1 atom stereocenters. The van der Waals surface area contributed by atoms with E-state index in [0.29, 0.717) is 11.6 Å². The van der Waals surface area contributed by atoms with Crippen LogP contribution in [0.4, 0.5) is 0 Å². The molecule has 2 heterocycles. The average molecular weight is 310 g/mol. The number of morpholine rings is 1. The number of benzene rings is 1. The predicted molar refractivity (Wildman–Crippen MR) is 91.2 cm³/mol. The monoisotopic (exact) mass is 310 g/mol. The highest BCUT2D eigenvalue weighted by Crippen LogP contribution is 2.27. The summed E-state index contributed by atoms with van der Waals surface area (Å²) >= 11 is 0. The van der Waals surface area contributed by atoms with Gasteiger partial charge in [0.2, 0.25) is 0 Å². The first kappa shape index (κ1) is 15.7. The Morgan fingerprint density at radius 3 is 2.87 bits per heavy atom. The van der Waals surface area contributed by atoms with E-state index in [1.165, 1.54) is 0 Å². The largest absolute Gasteiger partial charge is 0.404 e. The number of nitrogens with zero attached hydrogens (tertiary/aromatic N) is 3. The minimum atomic E-state index is 0.447. The highest BCUT2D eigenvalue weighted by Gasteiger charge is 2.28. The minimum Gasteiger partial charge on any atom is -0.404 e. The van der Waals surface area contributed by atoms with Crippen molar-refractivity contribution in [3.05, 3.63) is 41.1 Å². The van der Waals surface area contributed by atoms with Crippen molar-refractivity contribution in [2.24, 2.45) is 10.7 Å². The van der Waals surface area contributed by atoms with E-state index in [9.17, 15) is 0 Å². The minimum absolute atomic E-state index is 0.447. The van der Waals surface area contributed by atoms with E-state index in [-0.39, 0.29) is 0 Å². The number of hydrogen-bond donors (Lipinski definition) is 1. The summed E-state index contributed by atoms with van der Waals surface area (Å²) in [7, 11) is 0. The van der Waals surface area contributed by atoms with Gasteiger partial charge in [-0.3, -0.25) is 9.89 Å². The van der Waals surface area contributed by atoms with Gasteiger partial charge in [-0.2, -0.15) is 5.26 Å². The van der Waals surface area contributed by atoms with E-state index in [1.54, 1.807) is 6.20 Å². The van der Waals surface area contributed by atoms with E-state index in [0.717, 1.165) is 61.7 Å². The predicted octanol–water partition coefficient (Wildman–Crippen LogP) is 1.71. The average Bonchev–Trinajstić information content (AvgIpc) is 3.07. The molecule has 1 fully saturated rings. The highest BCUT2D eigenvalue weighted by molar-refractivity contribution is 6.24. The molecule has 0 amide bonds. The quantitative estimate of drug-likeness (QED) is 0.922. The second-order valence-corrected chi connectivity index (χ2v) is 6.02. The molecule has 1 saturated heterocycles. The zero-order valence-electron chi connectivity index (χ0n) is 13.5. The van der Waals surface area contributed by atoms with E-state index in [1.807, 2.05) is 25.1 Å². The maximum atomic E-state index is 9.01. The van der Waals surface area contributed by atoms with Crippen LogP contribution in [0, 0.1) is 18.3 Å². The smallest absolute Gasteiger partial charge is 0.0991 e. The maximum absolute atomic E-state index is 9.01. The van der Waals surface area contributed by atoms with Gasteiger partial charge in [0, 0.05) is 43.0 Å². The normalized spacial score (nSPS) is 22.7. The molecule has 0 saturated carbocycles. The number of aryl methyl sites for hydroxylation is 1. The molecule has 2 aliphatic heterocycles. The third kappa shape index (κ3) is 3.29. The molecule has 1 aromatic carbocycles. The van der Waals surface area contributed by atoms with Gasteiger partial charge < -0.3 is 10.5 Å². The molecule has 0 spiro atoms. The molecule has 0 radical (unpaired) electrons. The lowest BCUT2D eigenvalue weighted by Gasteiger charge is -2.31. The number of nitriles is 1. The van der Waals surface area contributed by atoms with Gasteiger partial charge in [0.1, 0.15) is 0 Å². The third-order valence-corrected chi connectivity index (χ3v) is 4.61. The van der Waals surface area contributed by atoms with Crippen LogP contribution >= 0.6 is 0 Å². The van der Waals surface area contributed by atoms with Crippen LogP contribution < -0.4 is 5.73 Å². The number of allylic oxidation sites excluding steroid dienone is 1. The molecule has 1 unspecified atom stereocenters. The van der Waals surface area contributed by atoms with E-state index in [2.05, 4.69) is 11.0 Å². The number of hydrogen-bond acceptors (Lipinski definition) is 5. The molecular weight excluding hydrogens is 288 g/mol. The van der Waals surface area contributed by atoms with Crippen molar-refractivity contribution in [3.63, 3.8) is 0 Å². The van der Waals surface area contributed by atoms with Crippen molar-refractivity contribution in [1.29, 1.82) is 5.26 Å². The van der Waals surface area contributed by atoms with Gasteiger partial charge in [-0.1, -0.05) is 6.07 Å². The van der Waals surface area contributed by atoms with Gasteiger partial charge in [-0.15, -0.1) is 0 Å². The summed E-state index contributed by atoms with van der Waals surface area (Å²) in [5.41, 5.74) is 10.7. The molecule has 0 bridgehead atoms. The fourth-order valence-electron chi connectivity index (χ4n) is 3.33. The third-order valence-electron chi connectivity index (χ3n) is 4.61. The molecule has 5 nitrogen and oxygen atoms in total. The molecule has 2 aliphatic rings. The van der Waals surface area contributed by atoms with Crippen molar-refractivity contribution < 1.29 is 4.74 Å². The van der Waals surface area contributed by atoms with Gasteiger partial charge in [0.25, 0.3) is 0 Å². The number of aliphatic imine (C=N–C) groups is 1. The zero-order chi connectivity index (χ0) is 16.2. The molecule has 3 rings (SSSR count). The van der Waals surface area contributed by atoms with Crippen LogP contribution in [0.25, 0.3) is 5.57 Å². The Kier molecular flexibility index (Phi) is 4.75. The molecule has 120 valence electrons. The van der Waals surface area contributed by atoms with E-state index < -0.39 is 0 Å².